The highest BCUT2D eigenvalue weighted by Crippen LogP contribution is 2.34. The molecule has 186 valence electrons. The van der Waals surface area contributed by atoms with E-state index in [1.165, 1.54) is 6.07 Å². The van der Waals surface area contributed by atoms with Gasteiger partial charge in [0.05, 0.1) is 11.4 Å². The summed E-state index contributed by atoms with van der Waals surface area (Å²) in [5.74, 6) is -1.50. The molecule has 0 bridgehead atoms. The van der Waals surface area contributed by atoms with E-state index in [0.717, 1.165) is 27.6 Å². The first-order chi connectivity index (χ1) is 17.8. The summed E-state index contributed by atoms with van der Waals surface area (Å²) >= 11 is 12.9. The molecule has 0 radical (unpaired) electrons. The molecular weight excluding hydrogens is 536 g/mol. The van der Waals surface area contributed by atoms with Crippen LogP contribution in [0, 0.1) is 5.82 Å². The van der Waals surface area contributed by atoms with Crippen LogP contribution in [0.3, 0.4) is 0 Å². The Morgan fingerprint density at radius 1 is 1.03 bits per heavy atom. The average Bonchev–Trinajstić information content (AvgIpc) is 3.33. The Kier molecular flexibility index (Phi) is 7.06. The number of thioether (sulfide) groups is 1. The second kappa shape index (κ2) is 10.4. The van der Waals surface area contributed by atoms with Crippen molar-refractivity contribution < 1.29 is 18.8 Å². The molecule has 1 aliphatic rings. The smallest absolute Gasteiger partial charge is 0.294 e. The Morgan fingerprint density at radius 2 is 1.81 bits per heavy atom. The lowest BCUT2D eigenvalue weighted by Crippen LogP contribution is -2.36. The summed E-state index contributed by atoms with van der Waals surface area (Å²) in [7, 11) is 0. The van der Waals surface area contributed by atoms with Crippen molar-refractivity contribution in [1.82, 2.24) is 9.47 Å². The molecule has 0 atom stereocenters. The van der Waals surface area contributed by atoms with Gasteiger partial charge in [0, 0.05) is 44.0 Å². The van der Waals surface area contributed by atoms with E-state index in [0.29, 0.717) is 26.9 Å². The zero-order valence-electron chi connectivity index (χ0n) is 19.1. The monoisotopic (exact) mass is 553 g/mol. The molecule has 0 aliphatic carbocycles. The van der Waals surface area contributed by atoms with Crippen molar-refractivity contribution in [2.24, 2.45) is 0 Å². The minimum absolute atomic E-state index is 0.186. The highest BCUT2D eigenvalue weighted by Gasteiger charge is 2.36. The molecule has 1 aromatic heterocycles. The lowest BCUT2D eigenvalue weighted by molar-refractivity contribution is -0.127. The van der Waals surface area contributed by atoms with E-state index in [1.807, 2.05) is 28.8 Å². The summed E-state index contributed by atoms with van der Waals surface area (Å²) in [5, 5.41) is 3.67. The number of carbonyl (C=O) groups is 3. The number of anilines is 1. The van der Waals surface area contributed by atoms with Gasteiger partial charge < -0.3 is 9.88 Å². The molecule has 1 fully saturated rings. The van der Waals surface area contributed by atoms with Crippen LogP contribution in [0.2, 0.25) is 10.0 Å². The zero-order chi connectivity index (χ0) is 26.1. The molecule has 1 aliphatic heterocycles. The molecule has 2 heterocycles. The average molecular weight is 554 g/mol. The molecule has 10 heteroatoms. The van der Waals surface area contributed by atoms with Crippen LogP contribution >= 0.6 is 35.0 Å². The number of para-hydroxylation sites is 1. The first-order valence-corrected chi connectivity index (χ1v) is 12.7. The number of carbonyl (C=O) groups excluding carboxylic acids is 3. The lowest BCUT2D eigenvalue weighted by Gasteiger charge is -2.12. The summed E-state index contributed by atoms with van der Waals surface area (Å²) in [6.45, 7) is -0.243. The van der Waals surface area contributed by atoms with Gasteiger partial charge in [-0.25, -0.2) is 4.39 Å². The maximum atomic E-state index is 14.4. The number of amides is 3. The maximum absolute atomic E-state index is 14.4. The van der Waals surface area contributed by atoms with E-state index in [1.54, 1.807) is 48.7 Å². The predicted octanol–water partition coefficient (Wildman–Crippen LogP) is 6.81. The third kappa shape index (κ3) is 5.27. The first kappa shape index (κ1) is 25.1. The van der Waals surface area contributed by atoms with Crippen LogP contribution in [0.15, 0.2) is 77.8 Å². The largest absolute Gasteiger partial charge is 0.342 e. The summed E-state index contributed by atoms with van der Waals surface area (Å²) in [6, 6.07) is 18.6. The van der Waals surface area contributed by atoms with Crippen LogP contribution in [0.5, 0.6) is 0 Å². The zero-order valence-corrected chi connectivity index (χ0v) is 21.4. The van der Waals surface area contributed by atoms with Crippen molar-refractivity contribution in [2.45, 2.75) is 6.54 Å². The van der Waals surface area contributed by atoms with Crippen molar-refractivity contribution in [2.75, 3.05) is 11.9 Å². The molecule has 3 amide bonds. The fourth-order valence-corrected chi connectivity index (χ4v) is 5.30. The van der Waals surface area contributed by atoms with Gasteiger partial charge in [0.1, 0.15) is 12.4 Å². The quantitative estimate of drug-likeness (QED) is 0.266. The standard InChI is InChI=1S/C27H18Cl2FN3O3S/c28-17-5-3-6-18(12-17)31-25(34)15-33-26(35)24(37-27(33)36)11-16-13-32(23-10-2-1-7-19(16)23)14-20-21(29)8-4-9-22(20)30/h1-13H,14-15H2,(H,31,34)/b24-11+. The number of hydrogen-bond donors (Lipinski definition) is 1. The van der Waals surface area contributed by atoms with Crippen molar-refractivity contribution >= 4 is 74.7 Å². The Labute approximate surface area is 225 Å². The fraction of sp³-hybridized carbons (Fsp3) is 0.0741. The predicted molar refractivity (Wildman–Crippen MR) is 145 cm³/mol. The molecule has 1 saturated heterocycles. The van der Waals surface area contributed by atoms with Crippen LogP contribution in [-0.2, 0) is 16.1 Å². The van der Waals surface area contributed by atoms with Crippen molar-refractivity contribution in [3.63, 3.8) is 0 Å². The summed E-state index contributed by atoms with van der Waals surface area (Å²) < 4.78 is 16.3. The highest BCUT2D eigenvalue weighted by molar-refractivity contribution is 8.18. The van der Waals surface area contributed by atoms with Gasteiger partial charge in [-0.1, -0.05) is 53.5 Å². The van der Waals surface area contributed by atoms with Gasteiger partial charge in [0.15, 0.2) is 0 Å². The van der Waals surface area contributed by atoms with Crippen LogP contribution in [-0.4, -0.2) is 33.1 Å². The van der Waals surface area contributed by atoms with E-state index in [2.05, 4.69) is 5.32 Å². The van der Waals surface area contributed by atoms with E-state index in [-0.39, 0.29) is 11.4 Å². The molecule has 0 spiro atoms. The number of aromatic nitrogens is 1. The van der Waals surface area contributed by atoms with Crippen LogP contribution in [0.25, 0.3) is 17.0 Å². The third-order valence-electron chi connectivity index (χ3n) is 5.78. The Morgan fingerprint density at radius 3 is 2.59 bits per heavy atom. The number of imide groups is 1. The number of hydrogen-bond acceptors (Lipinski definition) is 4. The van der Waals surface area contributed by atoms with Gasteiger partial charge in [-0.05, 0) is 54.2 Å². The minimum Gasteiger partial charge on any atom is -0.342 e. The Hall–Kier alpha value is -3.59. The SMILES string of the molecule is O=C(CN1C(=O)S/C(=C/c2cn(Cc3c(F)cccc3Cl)c3ccccc23)C1=O)Nc1cccc(Cl)c1. The van der Waals surface area contributed by atoms with Gasteiger partial charge in [-0.2, -0.15) is 0 Å². The van der Waals surface area contributed by atoms with Gasteiger partial charge in [0.25, 0.3) is 11.1 Å². The molecule has 5 rings (SSSR count). The fourth-order valence-electron chi connectivity index (χ4n) is 4.06. The molecule has 37 heavy (non-hydrogen) atoms. The van der Waals surface area contributed by atoms with Gasteiger partial charge in [-0.3, -0.25) is 19.3 Å². The Bertz CT molecular complexity index is 1580. The summed E-state index contributed by atoms with van der Waals surface area (Å²) in [6.07, 6.45) is 3.40. The highest BCUT2D eigenvalue weighted by atomic mass is 35.5. The van der Waals surface area contributed by atoms with Gasteiger partial charge in [0.2, 0.25) is 5.91 Å². The van der Waals surface area contributed by atoms with E-state index in [4.69, 9.17) is 23.2 Å². The number of nitrogens with one attached hydrogen (secondary N) is 1. The molecule has 0 unspecified atom stereocenters. The van der Waals surface area contributed by atoms with Crippen molar-refractivity contribution in [3.8, 4) is 0 Å². The number of nitrogens with zero attached hydrogens (tertiary/aromatic N) is 2. The molecule has 0 saturated carbocycles. The van der Waals surface area contributed by atoms with Crippen molar-refractivity contribution in [1.29, 1.82) is 0 Å². The third-order valence-corrected chi connectivity index (χ3v) is 7.28. The number of fused-ring (bicyclic) bond motifs is 1. The molecule has 6 nitrogen and oxygen atoms in total. The molecule has 4 aromatic rings. The minimum atomic E-state index is -0.565. The molecular formula is C27H18Cl2FN3O3S. The maximum Gasteiger partial charge on any atom is 0.294 e. The summed E-state index contributed by atoms with van der Waals surface area (Å²) in [5.41, 5.74) is 2.30. The van der Waals surface area contributed by atoms with E-state index >= 15 is 0 Å². The normalized spacial score (nSPS) is 14.7. The van der Waals surface area contributed by atoms with Crippen molar-refractivity contribution in [3.05, 3.63) is 105 Å². The number of halogens is 3. The first-order valence-electron chi connectivity index (χ1n) is 11.1. The molecule has 1 N–H and O–H groups in total. The second-order valence-electron chi connectivity index (χ2n) is 8.26. The Balaban J connectivity index is 1.40. The van der Waals surface area contributed by atoms with Crippen LogP contribution in [0.4, 0.5) is 14.9 Å². The number of benzene rings is 3. The van der Waals surface area contributed by atoms with E-state index < -0.39 is 29.4 Å². The second-order valence-corrected chi connectivity index (χ2v) is 10.1. The molecule has 3 aromatic carbocycles. The van der Waals surface area contributed by atoms with Gasteiger partial charge in [-0.15, -0.1) is 0 Å². The topological polar surface area (TPSA) is 71.4 Å². The van der Waals surface area contributed by atoms with E-state index in [9.17, 15) is 18.8 Å². The van der Waals surface area contributed by atoms with Crippen LogP contribution < -0.4 is 5.32 Å². The summed E-state index contributed by atoms with van der Waals surface area (Å²) in [4.78, 5) is 39.2. The lowest BCUT2D eigenvalue weighted by atomic mass is 10.1. The van der Waals surface area contributed by atoms with Crippen LogP contribution in [0.1, 0.15) is 11.1 Å². The van der Waals surface area contributed by atoms with Gasteiger partial charge >= 0.3 is 0 Å². The number of rotatable bonds is 6.